The van der Waals surface area contributed by atoms with Crippen LogP contribution in [-0.2, 0) is 0 Å². The number of hydrogen-bond donors (Lipinski definition) is 1. The summed E-state index contributed by atoms with van der Waals surface area (Å²) in [6.45, 7) is -0.156. The molecule has 0 atom stereocenters. The lowest BCUT2D eigenvalue weighted by Crippen LogP contribution is -2.00. The van der Waals surface area contributed by atoms with Gasteiger partial charge in [0.25, 0.3) is 0 Å². The lowest BCUT2D eigenvalue weighted by Gasteiger charge is -1.99. The van der Waals surface area contributed by atoms with Gasteiger partial charge in [0.15, 0.2) is 23.3 Å². The normalized spacial score (nSPS) is 9.50. The van der Waals surface area contributed by atoms with E-state index in [2.05, 4.69) is 5.92 Å². The topological polar surface area (TPSA) is 26.0 Å². The molecular formula is C9H5F4N. The SMILES string of the molecule is NCC#Cc1c(F)c(F)cc(F)c1F. The smallest absolute Gasteiger partial charge is 0.177 e. The van der Waals surface area contributed by atoms with Crippen molar-refractivity contribution in [2.24, 2.45) is 5.73 Å². The van der Waals surface area contributed by atoms with Crippen LogP contribution < -0.4 is 5.73 Å². The Morgan fingerprint density at radius 2 is 1.57 bits per heavy atom. The van der Waals surface area contributed by atoms with Gasteiger partial charge in [-0.3, -0.25) is 0 Å². The molecule has 1 aromatic rings. The molecule has 5 heteroatoms. The summed E-state index contributed by atoms with van der Waals surface area (Å²) in [7, 11) is 0. The van der Waals surface area contributed by atoms with Crippen LogP contribution >= 0.6 is 0 Å². The molecule has 2 N–H and O–H groups in total. The van der Waals surface area contributed by atoms with Crippen molar-refractivity contribution < 1.29 is 17.6 Å². The monoisotopic (exact) mass is 203 g/mol. The van der Waals surface area contributed by atoms with Crippen LogP contribution in [0, 0.1) is 35.1 Å². The first kappa shape index (κ1) is 10.5. The predicted molar refractivity (Wildman–Crippen MR) is 42.2 cm³/mol. The van der Waals surface area contributed by atoms with Crippen LogP contribution in [0.3, 0.4) is 0 Å². The van der Waals surface area contributed by atoms with E-state index in [0.29, 0.717) is 0 Å². The first-order valence-electron chi connectivity index (χ1n) is 3.60. The molecule has 0 aromatic heterocycles. The second-order valence-corrected chi connectivity index (χ2v) is 2.35. The molecular weight excluding hydrogens is 198 g/mol. The van der Waals surface area contributed by atoms with Crippen molar-refractivity contribution in [1.29, 1.82) is 0 Å². The summed E-state index contributed by atoms with van der Waals surface area (Å²) in [5.41, 5.74) is 4.01. The van der Waals surface area contributed by atoms with Gasteiger partial charge >= 0.3 is 0 Å². The maximum absolute atomic E-state index is 12.8. The highest BCUT2D eigenvalue weighted by Gasteiger charge is 2.16. The minimum atomic E-state index is -1.51. The fraction of sp³-hybridized carbons (Fsp3) is 0.111. The third-order valence-corrected chi connectivity index (χ3v) is 1.43. The van der Waals surface area contributed by atoms with Gasteiger partial charge in [-0.25, -0.2) is 17.6 Å². The molecule has 74 valence electrons. The second-order valence-electron chi connectivity index (χ2n) is 2.35. The van der Waals surface area contributed by atoms with Crippen molar-refractivity contribution in [2.75, 3.05) is 6.54 Å². The molecule has 0 unspecified atom stereocenters. The standard InChI is InChI=1S/C9H5F4N/c10-6-4-7(11)9(13)5(8(6)12)2-1-3-14/h4H,3,14H2. The highest BCUT2D eigenvalue weighted by molar-refractivity contribution is 5.38. The zero-order valence-corrected chi connectivity index (χ0v) is 6.87. The molecule has 14 heavy (non-hydrogen) atoms. The first-order chi connectivity index (χ1) is 6.57. The minimum absolute atomic E-state index is 0.123. The van der Waals surface area contributed by atoms with Crippen molar-refractivity contribution in [3.05, 3.63) is 34.9 Å². The molecule has 0 saturated heterocycles. The zero-order chi connectivity index (χ0) is 10.7. The molecule has 1 aromatic carbocycles. The van der Waals surface area contributed by atoms with Gasteiger partial charge in [0.2, 0.25) is 0 Å². The van der Waals surface area contributed by atoms with Crippen LogP contribution in [0.1, 0.15) is 5.56 Å². The Labute approximate surface area is 77.5 Å². The minimum Gasteiger partial charge on any atom is -0.320 e. The Balaban J connectivity index is 3.39. The summed E-state index contributed by atoms with van der Waals surface area (Å²) in [6, 6.07) is 0.123. The van der Waals surface area contributed by atoms with Gasteiger partial charge < -0.3 is 5.73 Å². The van der Waals surface area contributed by atoms with Crippen LogP contribution in [0.2, 0.25) is 0 Å². The van der Waals surface area contributed by atoms with Crippen molar-refractivity contribution in [3.8, 4) is 11.8 Å². The number of hydrogen-bond acceptors (Lipinski definition) is 1. The Bertz CT molecular complexity index is 391. The van der Waals surface area contributed by atoms with Crippen molar-refractivity contribution in [2.45, 2.75) is 0 Å². The Morgan fingerprint density at radius 1 is 1.07 bits per heavy atom. The van der Waals surface area contributed by atoms with Gasteiger partial charge in [-0.1, -0.05) is 11.8 Å². The van der Waals surface area contributed by atoms with Gasteiger partial charge in [0.1, 0.15) is 5.56 Å². The lowest BCUT2D eigenvalue weighted by molar-refractivity contribution is 0.450. The number of benzene rings is 1. The van der Waals surface area contributed by atoms with Crippen LogP contribution in [-0.4, -0.2) is 6.54 Å². The summed E-state index contributed by atoms with van der Waals surface area (Å²) in [6.07, 6.45) is 0. The molecule has 0 amide bonds. The van der Waals surface area contributed by atoms with Crippen LogP contribution in [0.25, 0.3) is 0 Å². The Kier molecular flexibility index (Phi) is 3.10. The fourth-order valence-corrected chi connectivity index (χ4v) is 0.822. The molecule has 0 aliphatic carbocycles. The molecule has 0 saturated carbocycles. The maximum atomic E-state index is 12.8. The third kappa shape index (κ3) is 1.86. The van der Waals surface area contributed by atoms with Crippen molar-refractivity contribution >= 4 is 0 Å². The lowest BCUT2D eigenvalue weighted by atomic mass is 10.2. The third-order valence-electron chi connectivity index (χ3n) is 1.43. The molecule has 0 radical (unpaired) electrons. The molecule has 0 aliphatic heterocycles. The first-order valence-corrected chi connectivity index (χ1v) is 3.60. The predicted octanol–water partition coefficient (Wildman–Crippen LogP) is 1.55. The number of rotatable bonds is 0. The summed E-state index contributed by atoms with van der Waals surface area (Å²) in [5, 5.41) is 0. The van der Waals surface area contributed by atoms with Crippen molar-refractivity contribution in [1.82, 2.24) is 0 Å². The molecule has 0 aliphatic rings. The zero-order valence-electron chi connectivity index (χ0n) is 6.87. The number of halogens is 4. The summed E-state index contributed by atoms with van der Waals surface area (Å²) >= 11 is 0. The van der Waals surface area contributed by atoms with E-state index >= 15 is 0 Å². The molecule has 0 bridgehead atoms. The Morgan fingerprint density at radius 3 is 2.00 bits per heavy atom. The van der Waals surface area contributed by atoms with Gasteiger partial charge in [0.05, 0.1) is 6.54 Å². The van der Waals surface area contributed by atoms with E-state index in [9.17, 15) is 17.6 Å². The Hall–Kier alpha value is -1.54. The van der Waals surface area contributed by atoms with E-state index in [1.807, 2.05) is 5.92 Å². The van der Waals surface area contributed by atoms with E-state index < -0.39 is 28.8 Å². The van der Waals surface area contributed by atoms with Gasteiger partial charge in [-0.15, -0.1) is 0 Å². The second kappa shape index (κ2) is 4.11. The van der Waals surface area contributed by atoms with E-state index in [-0.39, 0.29) is 12.6 Å². The summed E-state index contributed by atoms with van der Waals surface area (Å²) in [5.74, 6) is -1.96. The molecule has 1 nitrogen and oxygen atoms in total. The van der Waals surface area contributed by atoms with Crippen LogP contribution in [0.15, 0.2) is 6.07 Å². The average molecular weight is 203 g/mol. The largest absolute Gasteiger partial charge is 0.320 e. The summed E-state index contributed by atoms with van der Waals surface area (Å²) < 4.78 is 50.8. The molecule has 0 fully saturated rings. The maximum Gasteiger partial charge on any atom is 0.177 e. The fourth-order valence-electron chi connectivity index (χ4n) is 0.822. The number of nitrogens with two attached hydrogens (primary N) is 1. The molecule has 0 heterocycles. The van der Waals surface area contributed by atoms with Crippen LogP contribution in [0.4, 0.5) is 17.6 Å². The van der Waals surface area contributed by atoms with E-state index in [1.54, 1.807) is 0 Å². The quantitative estimate of drug-likeness (QED) is 0.386. The van der Waals surface area contributed by atoms with Crippen LogP contribution in [0.5, 0.6) is 0 Å². The van der Waals surface area contributed by atoms with Gasteiger partial charge in [0, 0.05) is 6.07 Å². The molecule has 0 spiro atoms. The highest BCUT2D eigenvalue weighted by Crippen LogP contribution is 2.17. The van der Waals surface area contributed by atoms with Crippen molar-refractivity contribution in [3.63, 3.8) is 0 Å². The summed E-state index contributed by atoms with van der Waals surface area (Å²) in [4.78, 5) is 0. The average Bonchev–Trinajstić information content (AvgIpc) is 2.15. The van der Waals surface area contributed by atoms with Gasteiger partial charge in [-0.05, 0) is 0 Å². The van der Waals surface area contributed by atoms with Gasteiger partial charge in [-0.2, -0.15) is 0 Å². The van der Waals surface area contributed by atoms with E-state index in [1.165, 1.54) is 0 Å². The highest BCUT2D eigenvalue weighted by atomic mass is 19.2. The van der Waals surface area contributed by atoms with E-state index in [0.717, 1.165) is 0 Å². The van der Waals surface area contributed by atoms with E-state index in [4.69, 9.17) is 5.73 Å². The molecule has 1 rings (SSSR count).